The molecule has 0 aliphatic rings. The molecule has 152 valence electrons. The van der Waals surface area contributed by atoms with Crippen LogP contribution < -0.4 is 10.1 Å². The molecule has 1 aromatic carbocycles. The van der Waals surface area contributed by atoms with E-state index in [0.29, 0.717) is 5.75 Å². The smallest absolute Gasteiger partial charge is 0.408 e. The molecule has 0 fully saturated rings. The second kappa shape index (κ2) is 9.53. The highest BCUT2D eigenvalue weighted by atomic mass is 19.3. The van der Waals surface area contributed by atoms with Crippen molar-refractivity contribution in [3.63, 3.8) is 0 Å². The number of nitrogens with one attached hydrogen (secondary N) is 1. The minimum atomic E-state index is -2.95. The molecule has 0 spiro atoms. The van der Waals surface area contributed by atoms with Gasteiger partial charge in [0.05, 0.1) is 6.10 Å². The molecule has 0 aromatic heterocycles. The molecular formula is C19H27F2NO5. The van der Waals surface area contributed by atoms with Crippen molar-refractivity contribution in [3.8, 4) is 5.75 Å². The van der Waals surface area contributed by atoms with Crippen molar-refractivity contribution >= 4 is 12.1 Å². The van der Waals surface area contributed by atoms with Crippen LogP contribution in [0.3, 0.4) is 0 Å². The number of alkyl halides is 2. The number of carbonyl (C=O) groups excluding carboxylic acids is 2. The Kier molecular flexibility index (Phi) is 7.99. The van der Waals surface area contributed by atoms with Crippen molar-refractivity contribution in [1.29, 1.82) is 0 Å². The van der Waals surface area contributed by atoms with Gasteiger partial charge in [-0.2, -0.15) is 0 Å². The molecule has 0 saturated carbocycles. The van der Waals surface area contributed by atoms with Crippen LogP contribution in [0.1, 0.15) is 53.2 Å². The second-order valence-corrected chi connectivity index (χ2v) is 7.30. The molecule has 6 nitrogen and oxygen atoms in total. The van der Waals surface area contributed by atoms with Gasteiger partial charge < -0.3 is 19.5 Å². The Bertz CT molecular complexity index is 643. The van der Waals surface area contributed by atoms with Crippen molar-refractivity contribution in [3.05, 3.63) is 29.8 Å². The molecule has 1 rings (SSSR count). The molecular weight excluding hydrogens is 360 g/mol. The first-order valence-corrected chi connectivity index (χ1v) is 8.64. The van der Waals surface area contributed by atoms with Crippen LogP contribution >= 0.6 is 0 Å². The van der Waals surface area contributed by atoms with E-state index in [4.69, 9.17) is 14.2 Å². The van der Waals surface area contributed by atoms with Gasteiger partial charge in [-0.25, -0.2) is 18.4 Å². The van der Waals surface area contributed by atoms with Gasteiger partial charge in [-0.1, -0.05) is 12.1 Å². The van der Waals surface area contributed by atoms with E-state index in [0.717, 1.165) is 0 Å². The number of hydrogen-bond acceptors (Lipinski definition) is 5. The maximum atomic E-state index is 13.5. The highest BCUT2D eigenvalue weighted by molar-refractivity contribution is 5.81. The lowest BCUT2D eigenvalue weighted by atomic mass is 10.1. The largest absolute Gasteiger partial charge is 0.491 e. The number of rotatable bonds is 7. The molecule has 0 bridgehead atoms. The number of esters is 1. The number of benzene rings is 1. The van der Waals surface area contributed by atoms with Crippen molar-refractivity contribution in [1.82, 2.24) is 5.32 Å². The number of amides is 1. The third-order valence-electron chi connectivity index (χ3n) is 3.12. The normalized spacial score (nSPS) is 13.9. The number of carbonyl (C=O) groups is 2. The molecule has 0 aliphatic heterocycles. The summed E-state index contributed by atoms with van der Waals surface area (Å²) >= 11 is 0. The lowest BCUT2D eigenvalue weighted by Gasteiger charge is -2.23. The molecule has 0 radical (unpaired) electrons. The Hall–Kier alpha value is -2.38. The van der Waals surface area contributed by atoms with Crippen molar-refractivity contribution in [2.75, 3.05) is 0 Å². The van der Waals surface area contributed by atoms with Crippen LogP contribution in [0.25, 0.3) is 0 Å². The average Bonchev–Trinajstić information content (AvgIpc) is 2.49. The Morgan fingerprint density at radius 1 is 1.11 bits per heavy atom. The van der Waals surface area contributed by atoms with Crippen LogP contribution in [0.2, 0.25) is 0 Å². The first-order valence-electron chi connectivity index (χ1n) is 8.64. The molecule has 0 heterocycles. The summed E-state index contributed by atoms with van der Waals surface area (Å²) in [5.41, 5.74) is -0.656. The zero-order valence-electron chi connectivity index (χ0n) is 16.4. The summed E-state index contributed by atoms with van der Waals surface area (Å²) in [7, 11) is 0. The predicted molar refractivity (Wildman–Crippen MR) is 95.9 cm³/mol. The zero-order chi connectivity index (χ0) is 20.8. The minimum Gasteiger partial charge on any atom is -0.491 e. The number of hydrogen-bond donors (Lipinski definition) is 1. The van der Waals surface area contributed by atoms with E-state index in [-0.39, 0.29) is 11.7 Å². The maximum absolute atomic E-state index is 13.5. The van der Waals surface area contributed by atoms with E-state index < -0.39 is 36.2 Å². The molecule has 0 saturated heterocycles. The molecule has 0 aliphatic carbocycles. The number of halogens is 2. The van der Waals surface area contributed by atoms with Gasteiger partial charge in [-0.05, 0) is 53.7 Å². The minimum absolute atomic E-state index is 0.0981. The van der Waals surface area contributed by atoms with Crippen LogP contribution in [-0.2, 0) is 14.3 Å². The fraction of sp³-hybridized carbons (Fsp3) is 0.579. The lowest BCUT2D eigenvalue weighted by Crippen LogP contribution is -2.43. The fourth-order valence-corrected chi connectivity index (χ4v) is 2.07. The van der Waals surface area contributed by atoms with E-state index in [1.165, 1.54) is 19.1 Å². The van der Waals surface area contributed by atoms with Gasteiger partial charge >= 0.3 is 12.1 Å². The van der Waals surface area contributed by atoms with E-state index in [1.54, 1.807) is 46.8 Å². The van der Waals surface area contributed by atoms with Crippen LogP contribution in [0.5, 0.6) is 5.75 Å². The SMILES string of the molecule is CC(C)Oc1cccc([C@H](OC(=O)[C@@H](C)NC(=O)OC(C)(C)C)C(F)F)c1. The van der Waals surface area contributed by atoms with E-state index in [1.807, 2.05) is 0 Å². The molecule has 8 heteroatoms. The monoisotopic (exact) mass is 387 g/mol. The standard InChI is InChI=1S/C19H27F2NO5/c1-11(2)25-14-9-7-8-13(10-14)15(16(20)21)26-17(23)12(3)22-18(24)27-19(4,5)6/h7-12,15-16H,1-6H3,(H,22,24)/t12-,15+/m1/s1. The summed E-state index contributed by atoms with van der Waals surface area (Å²) in [6.45, 7) is 9.92. The van der Waals surface area contributed by atoms with Crippen LogP contribution in [-0.4, -0.2) is 36.2 Å². The Morgan fingerprint density at radius 3 is 2.26 bits per heavy atom. The Morgan fingerprint density at radius 2 is 1.74 bits per heavy atom. The van der Waals surface area contributed by atoms with E-state index in [9.17, 15) is 18.4 Å². The zero-order valence-corrected chi connectivity index (χ0v) is 16.4. The summed E-state index contributed by atoms with van der Waals surface area (Å²) in [6, 6.07) is 4.83. The highest BCUT2D eigenvalue weighted by Crippen LogP contribution is 2.28. The Balaban J connectivity index is 2.82. The van der Waals surface area contributed by atoms with Gasteiger partial charge in [0, 0.05) is 5.56 Å². The number of ether oxygens (including phenoxy) is 3. The molecule has 27 heavy (non-hydrogen) atoms. The van der Waals surface area contributed by atoms with E-state index in [2.05, 4.69) is 5.32 Å². The van der Waals surface area contributed by atoms with Gasteiger partial charge in [-0.15, -0.1) is 0 Å². The third-order valence-corrected chi connectivity index (χ3v) is 3.12. The van der Waals surface area contributed by atoms with E-state index >= 15 is 0 Å². The third kappa shape index (κ3) is 8.23. The topological polar surface area (TPSA) is 73.9 Å². The first kappa shape index (κ1) is 22.7. The van der Waals surface area contributed by atoms with Crippen molar-refractivity contribution < 1.29 is 32.6 Å². The molecule has 0 unspecified atom stereocenters. The molecule has 2 atom stereocenters. The van der Waals surface area contributed by atoms with Crippen molar-refractivity contribution in [2.45, 2.75) is 71.8 Å². The quantitative estimate of drug-likeness (QED) is 0.709. The Labute approximate surface area is 158 Å². The highest BCUT2D eigenvalue weighted by Gasteiger charge is 2.30. The van der Waals surface area contributed by atoms with Gasteiger partial charge in [-0.3, -0.25) is 0 Å². The average molecular weight is 387 g/mol. The van der Waals surface area contributed by atoms with Gasteiger partial charge in [0.1, 0.15) is 17.4 Å². The summed E-state index contributed by atoms with van der Waals surface area (Å²) in [4.78, 5) is 23.8. The lowest BCUT2D eigenvalue weighted by molar-refractivity contribution is -0.160. The summed E-state index contributed by atoms with van der Waals surface area (Å²) < 4.78 is 42.4. The fourth-order valence-electron chi connectivity index (χ4n) is 2.07. The van der Waals surface area contributed by atoms with Crippen LogP contribution in [0.15, 0.2) is 24.3 Å². The van der Waals surface area contributed by atoms with Crippen LogP contribution in [0, 0.1) is 0 Å². The maximum Gasteiger partial charge on any atom is 0.408 e. The van der Waals surface area contributed by atoms with Gasteiger partial charge in [0.25, 0.3) is 6.43 Å². The summed E-state index contributed by atoms with van der Waals surface area (Å²) in [5, 5.41) is 2.26. The van der Waals surface area contributed by atoms with Gasteiger partial charge in [0.2, 0.25) is 0 Å². The molecule has 1 N–H and O–H groups in total. The summed E-state index contributed by atoms with van der Waals surface area (Å²) in [5.74, 6) is -0.606. The molecule has 1 aromatic rings. The van der Waals surface area contributed by atoms with Gasteiger partial charge in [0.15, 0.2) is 6.10 Å². The molecule has 1 amide bonds. The second-order valence-electron chi connectivity index (χ2n) is 7.30. The van der Waals surface area contributed by atoms with Crippen LogP contribution in [0.4, 0.5) is 13.6 Å². The summed E-state index contributed by atoms with van der Waals surface area (Å²) in [6.07, 6.45) is -5.70. The van der Waals surface area contributed by atoms with Crippen molar-refractivity contribution in [2.24, 2.45) is 0 Å². The number of alkyl carbamates (subject to hydrolysis) is 1. The predicted octanol–water partition coefficient (Wildman–Crippen LogP) is 4.24. The first-order chi connectivity index (χ1) is 12.4.